The summed E-state index contributed by atoms with van der Waals surface area (Å²) in [6.45, 7) is 2.10. The molecule has 0 aromatic carbocycles. The highest BCUT2D eigenvalue weighted by Crippen LogP contribution is 2.24. The van der Waals surface area contributed by atoms with E-state index in [4.69, 9.17) is 5.73 Å². The highest BCUT2D eigenvalue weighted by molar-refractivity contribution is 5.83. The number of hydrogen-bond acceptors (Lipinski definition) is 3. The summed E-state index contributed by atoms with van der Waals surface area (Å²) in [7, 11) is 0. The number of nitrogens with two attached hydrogens (primary N) is 1. The van der Waals surface area contributed by atoms with E-state index in [0.717, 1.165) is 37.8 Å². The maximum absolute atomic E-state index is 12.2. The number of hydrogen-bond donors (Lipinski definition) is 1. The standard InChI is InChI=1S/C15H22N2O/c1-2-11-7-8-12(17-10-11)9-15(18)13-5-3-4-6-14(13)16/h7-8,10,13-14H,2-6,9,16H2,1H3. The molecule has 1 aromatic rings. The van der Waals surface area contributed by atoms with Crippen LogP contribution in [0.5, 0.6) is 0 Å². The Kier molecular flexibility index (Phi) is 4.48. The molecule has 3 heteroatoms. The molecule has 1 heterocycles. The molecule has 1 aliphatic rings. The van der Waals surface area contributed by atoms with Gasteiger partial charge in [0.05, 0.1) is 0 Å². The van der Waals surface area contributed by atoms with Gasteiger partial charge in [-0.1, -0.05) is 25.8 Å². The minimum absolute atomic E-state index is 0.0476. The van der Waals surface area contributed by atoms with Gasteiger partial charge in [-0.2, -0.15) is 0 Å². The number of carbonyl (C=O) groups excluding carboxylic acids is 1. The first-order valence-electron chi connectivity index (χ1n) is 6.92. The molecule has 0 saturated heterocycles. The second kappa shape index (κ2) is 6.10. The van der Waals surface area contributed by atoms with E-state index in [9.17, 15) is 4.79 Å². The van der Waals surface area contributed by atoms with Crippen LogP contribution in [0.1, 0.15) is 43.9 Å². The molecule has 98 valence electrons. The largest absolute Gasteiger partial charge is 0.327 e. The number of aromatic nitrogens is 1. The quantitative estimate of drug-likeness (QED) is 0.886. The predicted molar refractivity (Wildman–Crippen MR) is 72.3 cm³/mol. The Morgan fingerprint density at radius 2 is 2.17 bits per heavy atom. The Bertz CT molecular complexity index is 399. The van der Waals surface area contributed by atoms with Crippen LogP contribution in [0, 0.1) is 5.92 Å². The smallest absolute Gasteiger partial charge is 0.143 e. The first kappa shape index (κ1) is 13.2. The SMILES string of the molecule is CCc1ccc(CC(=O)C2CCCCC2N)nc1. The molecular weight excluding hydrogens is 224 g/mol. The molecular formula is C15H22N2O. The lowest BCUT2D eigenvalue weighted by molar-refractivity contribution is -0.123. The van der Waals surface area contributed by atoms with Crippen molar-refractivity contribution in [3.8, 4) is 0 Å². The Labute approximate surface area is 109 Å². The van der Waals surface area contributed by atoms with Gasteiger partial charge < -0.3 is 5.73 Å². The minimum Gasteiger partial charge on any atom is -0.327 e. The van der Waals surface area contributed by atoms with E-state index < -0.39 is 0 Å². The van der Waals surface area contributed by atoms with Gasteiger partial charge in [-0.05, 0) is 30.9 Å². The summed E-state index contributed by atoms with van der Waals surface area (Å²) in [6, 6.07) is 4.07. The van der Waals surface area contributed by atoms with Gasteiger partial charge in [0.25, 0.3) is 0 Å². The highest BCUT2D eigenvalue weighted by Gasteiger charge is 2.28. The monoisotopic (exact) mass is 246 g/mol. The number of nitrogens with zero attached hydrogens (tertiary/aromatic N) is 1. The van der Waals surface area contributed by atoms with Crippen molar-refractivity contribution in [2.75, 3.05) is 0 Å². The van der Waals surface area contributed by atoms with E-state index in [1.807, 2.05) is 12.3 Å². The average molecular weight is 246 g/mol. The lowest BCUT2D eigenvalue weighted by Crippen LogP contribution is -2.38. The second-order valence-corrected chi connectivity index (χ2v) is 5.21. The second-order valence-electron chi connectivity index (χ2n) is 5.21. The number of carbonyl (C=O) groups is 1. The fourth-order valence-electron chi connectivity index (χ4n) is 2.64. The third-order valence-corrected chi connectivity index (χ3v) is 3.88. The highest BCUT2D eigenvalue weighted by atomic mass is 16.1. The Balaban J connectivity index is 1.97. The van der Waals surface area contributed by atoms with Crippen molar-refractivity contribution < 1.29 is 4.79 Å². The summed E-state index contributed by atoms with van der Waals surface area (Å²) in [5, 5.41) is 0. The van der Waals surface area contributed by atoms with Crippen LogP contribution in [0.25, 0.3) is 0 Å². The normalized spacial score (nSPS) is 23.9. The molecule has 2 atom stereocenters. The number of pyridine rings is 1. The van der Waals surface area contributed by atoms with Gasteiger partial charge in [0.15, 0.2) is 0 Å². The summed E-state index contributed by atoms with van der Waals surface area (Å²) in [5.74, 6) is 0.311. The van der Waals surface area contributed by atoms with E-state index in [1.54, 1.807) is 0 Å². The molecule has 2 unspecified atom stereocenters. The van der Waals surface area contributed by atoms with E-state index in [0.29, 0.717) is 6.42 Å². The lowest BCUT2D eigenvalue weighted by Gasteiger charge is -2.27. The summed E-state index contributed by atoms with van der Waals surface area (Å²) in [4.78, 5) is 16.6. The molecule has 0 aliphatic heterocycles. The van der Waals surface area contributed by atoms with Crippen LogP contribution in [0.3, 0.4) is 0 Å². The summed E-state index contributed by atoms with van der Waals surface area (Å²) >= 11 is 0. The minimum atomic E-state index is 0.0476. The molecule has 3 nitrogen and oxygen atoms in total. The topological polar surface area (TPSA) is 56.0 Å². The molecule has 0 amide bonds. The van der Waals surface area contributed by atoms with Crippen molar-refractivity contribution in [1.82, 2.24) is 4.98 Å². The van der Waals surface area contributed by atoms with Gasteiger partial charge in [0, 0.05) is 30.3 Å². The molecule has 2 N–H and O–H groups in total. The third kappa shape index (κ3) is 3.16. The number of rotatable bonds is 4. The molecule has 1 aliphatic carbocycles. The molecule has 1 aromatic heterocycles. The predicted octanol–water partition coefficient (Wildman–Crippen LogP) is 2.27. The van der Waals surface area contributed by atoms with Crippen LogP contribution >= 0.6 is 0 Å². The summed E-state index contributed by atoms with van der Waals surface area (Å²) in [6.07, 6.45) is 7.51. The van der Waals surface area contributed by atoms with Gasteiger partial charge in [0.1, 0.15) is 5.78 Å². The molecule has 1 saturated carbocycles. The van der Waals surface area contributed by atoms with Crippen molar-refractivity contribution in [1.29, 1.82) is 0 Å². The van der Waals surface area contributed by atoms with Crippen molar-refractivity contribution in [2.24, 2.45) is 11.7 Å². The van der Waals surface area contributed by atoms with Gasteiger partial charge in [-0.15, -0.1) is 0 Å². The van der Waals surface area contributed by atoms with Crippen LogP contribution < -0.4 is 5.73 Å². The molecule has 18 heavy (non-hydrogen) atoms. The summed E-state index contributed by atoms with van der Waals surface area (Å²) in [5.41, 5.74) is 8.12. The molecule has 2 rings (SSSR count). The fourth-order valence-corrected chi connectivity index (χ4v) is 2.64. The van der Waals surface area contributed by atoms with Crippen molar-refractivity contribution >= 4 is 5.78 Å². The Morgan fingerprint density at radius 1 is 1.39 bits per heavy atom. The first-order valence-corrected chi connectivity index (χ1v) is 6.92. The summed E-state index contributed by atoms with van der Waals surface area (Å²) < 4.78 is 0. The lowest BCUT2D eigenvalue weighted by atomic mass is 9.81. The number of Topliss-reactive ketones (excluding diaryl/α,β-unsaturated/α-hetero) is 1. The molecule has 0 radical (unpaired) electrons. The zero-order valence-electron chi connectivity index (χ0n) is 11.1. The molecule has 0 bridgehead atoms. The Morgan fingerprint density at radius 3 is 2.78 bits per heavy atom. The van der Waals surface area contributed by atoms with E-state index in [2.05, 4.69) is 18.0 Å². The van der Waals surface area contributed by atoms with Gasteiger partial charge >= 0.3 is 0 Å². The van der Waals surface area contributed by atoms with Gasteiger partial charge in [-0.25, -0.2) is 0 Å². The first-order chi connectivity index (χ1) is 8.70. The van der Waals surface area contributed by atoms with Crippen molar-refractivity contribution in [3.05, 3.63) is 29.6 Å². The number of aryl methyl sites for hydroxylation is 1. The van der Waals surface area contributed by atoms with Gasteiger partial charge in [0.2, 0.25) is 0 Å². The molecule has 0 spiro atoms. The van der Waals surface area contributed by atoms with E-state index in [1.165, 1.54) is 5.56 Å². The number of ketones is 1. The fraction of sp³-hybridized carbons (Fsp3) is 0.600. The maximum atomic E-state index is 12.2. The van der Waals surface area contributed by atoms with Crippen LogP contribution in [-0.4, -0.2) is 16.8 Å². The van der Waals surface area contributed by atoms with Crippen LogP contribution in [-0.2, 0) is 17.6 Å². The van der Waals surface area contributed by atoms with Crippen molar-refractivity contribution in [3.63, 3.8) is 0 Å². The van der Waals surface area contributed by atoms with Crippen LogP contribution in [0.4, 0.5) is 0 Å². The van der Waals surface area contributed by atoms with E-state index >= 15 is 0 Å². The zero-order chi connectivity index (χ0) is 13.0. The Hall–Kier alpha value is -1.22. The van der Waals surface area contributed by atoms with Crippen molar-refractivity contribution in [2.45, 2.75) is 51.5 Å². The van der Waals surface area contributed by atoms with Crippen LogP contribution in [0.2, 0.25) is 0 Å². The third-order valence-electron chi connectivity index (χ3n) is 3.88. The van der Waals surface area contributed by atoms with E-state index in [-0.39, 0.29) is 17.7 Å². The van der Waals surface area contributed by atoms with Crippen LogP contribution in [0.15, 0.2) is 18.3 Å². The zero-order valence-corrected chi connectivity index (χ0v) is 11.1. The average Bonchev–Trinajstić information content (AvgIpc) is 2.40. The molecule has 1 fully saturated rings. The maximum Gasteiger partial charge on any atom is 0.143 e. The van der Waals surface area contributed by atoms with Gasteiger partial charge in [-0.3, -0.25) is 9.78 Å².